The molecule has 8 nitrogen and oxygen atoms in total. The third-order valence-corrected chi connectivity index (χ3v) is 5.82. The molecule has 0 aliphatic rings. The molecule has 0 fully saturated rings. The van der Waals surface area contributed by atoms with Crippen LogP contribution in [0.5, 0.6) is 5.75 Å². The van der Waals surface area contributed by atoms with Crippen molar-refractivity contribution in [3.63, 3.8) is 0 Å². The van der Waals surface area contributed by atoms with Gasteiger partial charge in [-0.25, -0.2) is 4.79 Å². The minimum absolute atomic E-state index is 0.00517. The van der Waals surface area contributed by atoms with Gasteiger partial charge in [-0.3, -0.25) is 19.3 Å². The molecule has 0 aliphatic carbocycles. The van der Waals surface area contributed by atoms with Crippen LogP contribution in [0.1, 0.15) is 34.8 Å². The van der Waals surface area contributed by atoms with Crippen LogP contribution in [0.15, 0.2) is 97.1 Å². The number of amides is 2. The van der Waals surface area contributed by atoms with Gasteiger partial charge in [0.25, 0.3) is 11.8 Å². The van der Waals surface area contributed by atoms with Gasteiger partial charge in [0.15, 0.2) is 0 Å². The van der Waals surface area contributed by atoms with Crippen LogP contribution in [0.4, 0.5) is 0 Å². The lowest BCUT2D eigenvalue weighted by atomic mass is 10.0. The molecule has 0 N–H and O–H groups in total. The molecule has 0 radical (unpaired) electrons. The summed E-state index contributed by atoms with van der Waals surface area (Å²) in [4.78, 5) is 54.0. The van der Waals surface area contributed by atoms with E-state index in [-0.39, 0.29) is 30.8 Å². The number of imide groups is 1. The molecule has 1 atom stereocenters. The van der Waals surface area contributed by atoms with Crippen LogP contribution in [-0.4, -0.2) is 48.4 Å². The Morgan fingerprint density at radius 1 is 0.821 bits per heavy atom. The van der Waals surface area contributed by atoms with Crippen LogP contribution in [0.2, 0.25) is 0 Å². The van der Waals surface area contributed by atoms with E-state index in [4.69, 9.17) is 14.2 Å². The smallest absolute Gasteiger partial charge is 0.330 e. The Labute approximate surface area is 227 Å². The largest absolute Gasteiger partial charge is 0.497 e. The number of hydrogen-bond acceptors (Lipinski definition) is 7. The maximum Gasteiger partial charge on any atom is 0.330 e. The van der Waals surface area contributed by atoms with Gasteiger partial charge in [-0.2, -0.15) is 0 Å². The molecule has 2 amide bonds. The molecule has 3 rings (SSSR count). The van der Waals surface area contributed by atoms with Gasteiger partial charge in [0.1, 0.15) is 18.4 Å². The summed E-state index contributed by atoms with van der Waals surface area (Å²) in [5.41, 5.74) is 1.40. The standard InChI is InChI=1S/C31H31NO7/c1-4-38-28(33)19-22(2)29(34)32(30(35)25-15-17-26(37-3)18-16-25)27(20-23-11-7-5-8-12-23)31(36)39-21-24-13-9-6-10-14-24/h5-18,27H,2,4,19-21H2,1,3H3/t27-/m0/s1. The molecule has 8 heteroatoms. The highest BCUT2D eigenvalue weighted by Gasteiger charge is 2.38. The zero-order valence-corrected chi connectivity index (χ0v) is 22.0. The van der Waals surface area contributed by atoms with Crippen LogP contribution in [0.3, 0.4) is 0 Å². The predicted molar refractivity (Wildman–Crippen MR) is 145 cm³/mol. The Balaban J connectivity index is 2.00. The van der Waals surface area contributed by atoms with E-state index in [1.807, 2.05) is 24.3 Å². The SMILES string of the molecule is C=C(CC(=O)OCC)C(=O)N(C(=O)c1ccc(OC)cc1)[C@@H](Cc1ccccc1)C(=O)OCc1ccccc1. The van der Waals surface area contributed by atoms with Crippen LogP contribution >= 0.6 is 0 Å². The second-order valence-electron chi connectivity index (χ2n) is 8.59. The lowest BCUT2D eigenvalue weighted by Crippen LogP contribution is -2.51. The van der Waals surface area contributed by atoms with E-state index in [0.717, 1.165) is 10.5 Å². The first kappa shape index (κ1) is 28.8. The molecule has 0 heterocycles. The van der Waals surface area contributed by atoms with E-state index in [2.05, 4.69) is 6.58 Å². The predicted octanol–water partition coefficient (Wildman–Crippen LogP) is 4.53. The van der Waals surface area contributed by atoms with Gasteiger partial charge in [0.2, 0.25) is 0 Å². The maximum absolute atomic E-state index is 13.8. The Bertz CT molecular complexity index is 1290. The zero-order valence-electron chi connectivity index (χ0n) is 22.0. The number of benzene rings is 3. The van der Waals surface area contributed by atoms with Crippen molar-refractivity contribution in [2.75, 3.05) is 13.7 Å². The van der Waals surface area contributed by atoms with E-state index < -0.39 is 36.2 Å². The topological polar surface area (TPSA) is 99.2 Å². The Kier molecular flexibility index (Phi) is 10.6. The van der Waals surface area contributed by atoms with Crippen molar-refractivity contribution < 1.29 is 33.4 Å². The molecule has 3 aromatic carbocycles. The second-order valence-corrected chi connectivity index (χ2v) is 8.59. The normalized spacial score (nSPS) is 11.1. The second kappa shape index (κ2) is 14.3. The van der Waals surface area contributed by atoms with Crippen molar-refractivity contribution in [3.8, 4) is 5.75 Å². The number of carbonyl (C=O) groups excluding carboxylic acids is 4. The first-order valence-corrected chi connectivity index (χ1v) is 12.4. The maximum atomic E-state index is 13.8. The number of carbonyl (C=O) groups is 4. The first-order chi connectivity index (χ1) is 18.8. The van der Waals surface area contributed by atoms with Crippen molar-refractivity contribution in [3.05, 3.63) is 114 Å². The lowest BCUT2D eigenvalue weighted by Gasteiger charge is -2.29. The molecular weight excluding hydrogens is 498 g/mol. The van der Waals surface area contributed by atoms with Crippen LogP contribution < -0.4 is 4.74 Å². The van der Waals surface area contributed by atoms with E-state index >= 15 is 0 Å². The highest BCUT2D eigenvalue weighted by atomic mass is 16.5. The van der Waals surface area contributed by atoms with Crippen molar-refractivity contribution in [2.45, 2.75) is 32.4 Å². The summed E-state index contributed by atoms with van der Waals surface area (Å²) >= 11 is 0. The highest BCUT2D eigenvalue weighted by molar-refractivity contribution is 6.13. The monoisotopic (exact) mass is 529 g/mol. The van der Waals surface area contributed by atoms with Gasteiger partial charge in [0, 0.05) is 17.6 Å². The quantitative estimate of drug-likeness (QED) is 0.251. The summed E-state index contributed by atoms with van der Waals surface area (Å²) in [5.74, 6) is -2.55. The van der Waals surface area contributed by atoms with Crippen LogP contribution in [0.25, 0.3) is 0 Å². The molecule has 3 aromatic rings. The van der Waals surface area contributed by atoms with E-state index in [0.29, 0.717) is 11.3 Å². The van der Waals surface area contributed by atoms with Crippen molar-refractivity contribution in [1.82, 2.24) is 4.90 Å². The number of hydrogen-bond donors (Lipinski definition) is 0. The Morgan fingerprint density at radius 2 is 1.41 bits per heavy atom. The molecule has 0 saturated heterocycles. The highest BCUT2D eigenvalue weighted by Crippen LogP contribution is 2.21. The molecular formula is C31H31NO7. The summed E-state index contributed by atoms with van der Waals surface area (Å²) in [5, 5.41) is 0. The molecule has 0 saturated carbocycles. The molecule has 39 heavy (non-hydrogen) atoms. The lowest BCUT2D eigenvalue weighted by molar-refractivity contribution is -0.153. The Hall–Kier alpha value is -4.72. The van der Waals surface area contributed by atoms with Gasteiger partial charge in [-0.05, 0) is 42.3 Å². The van der Waals surface area contributed by atoms with E-state index in [9.17, 15) is 19.2 Å². The van der Waals surface area contributed by atoms with Gasteiger partial charge in [-0.1, -0.05) is 67.2 Å². The third kappa shape index (κ3) is 8.13. The van der Waals surface area contributed by atoms with Crippen LogP contribution in [-0.2, 0) is 36.9 Å². The van der Waals surface area contributed by atoms with Gasteiger partial charge in [0.05, 0.1) is 20.1 Å². The minimum Gasteiger partial charge on any atom is -0.497 e. The molecule has 202 valence electrons. The number of rotatable bonds is 12. The summed E-state index contributed by atoms with van der Waals surface area (Å²) in [6.45, 7) is 5.44. The van der Waals surface area contributed by atoms with E-state index in [1.54, 1.807) is 55.5 Å². The van der Waals surface area contributed by atoms with Gasteiger partial charge in [-0.15, -0.1) is 0 Å². The molecule has 0 aliphatic heterocycles. The zero-order chi connectivity index (χ0) is 28.2. The average molecular weight is 530 g/mol. The number of methoxy groups -OCH3 is 1. The molecule has 0 unspecified atom stereocenters. The average Bonchev–Trinajstić information content (AvgIpc) is 2.96. The van der Waals surface area contributed by atoms with Gasteiger partial charge >= 0.3 is 11.9 Å². The van der Waals surface area contributed by atoms with Gasteiger partial charge < -0.3 is 14.2 Å². The summed E-state index contributed by atoms with van der Waals surface area (Å²) < 4.78 is 15.7. The fourth-order valence-corrected chi connectivity index (χ4v) is 3.82. The van der Waals surface area contributed by atoms with E-state index in [1.165, 1.54) is 19.2 Å². The molecule has 0 spiro atoms. The minimum atomic E-state index is -1.34. The number of esters is 2. The van der Waals surface area contributed by atoms with Crippen LogP contribution in [0, 0.1) is 0 Å². The number of nitrogens with zero attached hydrogens (tertiary/aromatic N) is 1. The van der Waals surface area contributed by atoms with Crippen molar-refractivity contribution in [2.24, 2.45) is 0 Å². The first-order valence-electron chi connectivity index (χ1n) is 12.4. The Morgan fingerprint density at radius 3 is 1.97 bits per heavy atom. The van der Waals surface area contributed by atoms with Crippen molar-refractivity contribution >= 4 is 23.8 Å². The fraction of sp³-hybridized carbons (Fsp3) is 0.226. The summed E-state index contributed by atoms with van der Waals surface area (Å²) in [6, 6.07) is 22.8. The fourth-order valence-electron chi connectivity index (χ4n) is 3.82. The summed E-state index contributed by atoms with van der Waals surface area (Å²) in [6.07, 6.45) is -0.440. The van der Waals surface area contributed by atoms with Crippen molar-refractivity contribution in [1.29, 1.82) is 0 Å². The third-order valence-electron chi connectivity index (χ3n) is 5.82. The number of ether oxygens (including phenoxy) is 3. The molecule has 0 bridgehead atoms. The summed E-state index contributed by atoms with van der Waals surface area (Å²) in [7, 11) is 1.49. The molecule has 0 aromatic heterocycles.